The molecule has 3 aromatic rings. The van der Waals surface area contributed by atoms with Crippen molar-refractivity contribution in [3.05, 3.63) is 42.2 Å². The second-order valence-electron chi connectivity index (χ2n) is 8.48. The average Bonchev–Trinajstić information content (AvgIpc) is 3.42. The van der Waals surface area contributed by atoms with Gasteiger partial charge in [0.2, 0.25) is 5.88 Å². The van der Waals surface area contributed by atoms with Gasteiger partial charge in [0.15, 0.2) is 5.65 Å². The molecule has 0 spiro atoms. The Morgan fingerprint density at radius 1 is 1.34 bits per heavy atom. The highest BCUT2D eigenvalue weighted by atomic mass is 16.7. The van der Waals surface area contributed by atoms with E-state index in [4.69, 9.17) is 14.3 Å². The van der Waals surface area contributed by atoms with Crippen LogP contribution in [0.1, 0.15) is 23.7 Å². The highest BCUT2D eigenvalue weighted by molar-refractivity contribution is 5.96. The van der Waals surface area contributed by atoms with Crippen LogP contribution in [-0.2, 0) is 14.4 Å². The number of hydrogen-bond donors (Lipinski definition) is 1. The highest BCUT2D eigenvalue weighted by Crippen LogP contribution is 2.30. The third-order valence-electron chi connectivity index (χ3n) is 6.35. The Kier molecular flexibility index (Phi) is 6.27. The summed E-state index contributed by atoms with van der Waals surface area (Å²) in [5.74, 6) is 0.108. The van der Waals surface area contributed by atoms with Crippen LogP contribution in [0.4, 0.5) is 5.69 Å². The van der Waals surface area contributed by atoms with E-state index in [1.165, 1.54) is 12.2 Å². The summed E-state index contributed by atoms with van der Waals surface area (Å²) < 4.78 is 13.4. The summed E-state index contributed by atoms with van der Waals surface area (Å²) in [7, 11) is 3.00. The van der Waals surface area contributed by atoms with E-state index in [1.54, 1.807) is 47.1 Å². The van der Waals surface area contributed by atoms with E-state index in [0.29, 0.717) is 49.8 Å². The van der Waals surface area contributed by atoms with Crippen molar-refractivity contribution in [3.63, 3.8) is 0 Å². The molecule has 2 atom stereocenters. The Balaban J connectivity index is 1.57. The molecular weight excluding hydrogens is 452 g/mol. The third kappa shape index (κ3) is 4.40. The molecule has 2 amide bonds. The van der Waals surface area contributed by atoms with Crippen LogP contribution in [0.15, 0.2) is 36.7 Å². The lowest BCUT2D eigenvalue weighted by molar-refractivity contribution is -0.137. The van der Waals surface area contributed by atoms with Crippen molar-refractivity contribution in [1.29, 1.82) is 0 Å². The minimum atomic E-state index is -0.474. The van der Waals surface area contributed by atoms with Gasteiger partial charge in [-0.1, -0.05) is 0 Å². The summed E-state index contributed by atoms with van der Waals surface area (Å²) in [5.41, 5.74) is 3.32. The Labute approximate surface area is 202 Å². The van der Waals surface area contributed by atoms with E-state index in [2.05, 4.69) is 15.4 Å². The van der Waals surface area contributed by atoms with Gasteiger partial charge in [0.1, 0.15) is 12.7 Å². The van der Waals surface area contributed by atoms with Crippen LogP contribution in [0.25, 0.3) is 16.8 Å². The quantitative estimate of drug-likeness (QED) is 0.564. The molecule has 0 radical (unpaired) electrons. The van der Waals surface area contributed by atoms with Crippen molar-refractivity contribution < 1.29 is 23.9 Å². The number of fused-ring (bicyclic) bond motifs is 5. The lowest BCUT2D eigenvalue weighted by Crippen LogP contribution is -2.41. The van der Waals surface area contributed by atoms with Crippen LogP contribution in [-0.4, -0.2) is 89.0 Å². The number of nitrogens with one attached hydrogen (secondary N) is 1. The fourth-order valence-electron chi connectivity index (χ4n) is 4.54. The number of carbonyl (C=O) groups is 2. The molecule has 1 saturated heterocycles. The van der Waals surface area contributed by atoms with Crippen LogP contribution >= 0.6 is 0 Å². The lowest BCUT2D eigenvalue weighted by Gasteiger charge is -2.25. The van der Waals surface area contributed by atoms with Gasteiger partial charge in [-0.05, 0) is 30.7 Å². The fourth-order valence-corrected chi connectivity index (χ4v) is 4.54. The zero-order valence-electron chi connectivity index (χ0n) is 19.9. The molecule has 2 aromatic heterocycles. The van der Waals surface area contributed by atoms with Gasteiger partial charge in [-0.15, -0.1) is 0 Å². The minimum absolute atomic E-state index is 0.0397. The van der Waals surface area contributed by atoms with Gasteiger partial charge in [0.25, 0.3) is 11.8 Å². The Morgan fingerprint density at radius 2 is 2.20 bits per heavy atom. The molecule has 11 nitrogen and oxygen atoms in total. The van der Waals surface area contributed by atoms with Gasteiger partial charge in [-0.3, -0.25) is 14.4 Å². The molecule has 0 saturated carbocycles. The highest BCUT2D eigenvalue weighted by Gasteiger charge is 2.40. The first-order valence-corrected chi connectivity index (χ1v) is 11.6. The fraction of sp³-hybridized carbons (Fsp3) is 0.417. The molecule has 1 aromatic carbocycles. The first-order valence-electron chi connectivity index (χ1n) is 11.6. The van der Waals surface area contributed by atoms with Gasteiger partial charge < -0.3 is 19.7 Å². The van der Waals surface area contributed by atoms with Crippen molar-refractivity contribution in [2.24, 2.45) is 0 Å². The van der Waals surface area contributed by atoms with Gasteiger partial charge in [0.05, 0.1) is 19.3 Å². The SMILES string of the molecule is CCO[C@@H]1C[C@H]2COc3ccn4ncc(c4n3)-c3cc(cc(C(=O)N(C)OC)c3)NCCN2C1=O. The smallest absolute Gasteiger partial charge is 0.277 e. The number of nitrogens with zero attached hydrogens (tertiary/aromatic N) is 5. The second-order valence-corrected chi connectivity index (χ2v) is 8.48. The van der Waals surface area contributed by atoms with E-state index in [9.17, 15) is 9.59 Å². The predicted octanol–water partition coefficient (Wildman–Crippen LogP) is 1.84. The van der Waals surface area contributed by atoms with Gasteiger partial charge in [-0.25, -0.2) is 9.58 Å². The molecule has 4 heterocycles. The molecule has 0 unspecified atom stereocenters. The number of rotatable bonds is 4. The Hall–Kier alpha value is -3.70. The molecule has 4 bridgehead atoms. The topological polar surface area (TPSA) is 111 Å². The number of hydrogen-bond acceptors (Lipinski definition) is 8. The maximum atomic E-state index is 13.0. The van der Waals surface area contributed by atoms with Gasteiger partial charge in [-0.2, -0.15) is 10.1 Å². The van der Waals surface area contributed by atoms with Crippen LogP contribution in [0.2, 0.25) is 0 Å². The maximum absolute atomic E-state index is 13.0. The summed E-state index contributed by atoms with van der Waals surface area (Å²) in [6, 6.07) is 7.11. The van der Waals surface area contributed by atoms with Crippen LogP contribution < -0.4 is 10.1 Å². The molecule has 35 heavy (non-hydrogen) atoms. The summed E-state index contributed by atoms with van der Waals surface area (Å²) in [6.07, 6.45) is 3.58. The number of hydroxylamine groups is 2. The molecule has 2 aliphatic rings. The molecule has 1 N–H and O–H groups in total. The minimum Gasteiger partial charge on any atom is -0.475 e. The van der Waals surface area contributed by atoms with E-state index in [-0.39, 0.29) is 17.9 Å². The summed E-state index contributed by atoms with van der Waals surface area (Å²) in [6.45, 7) is 3.62. The van der Waals surface area contributed by atoms with E-state index < -0.39 is 6.10 Å². The zero-order valence-corrected chi connectivity index (χ0v) is 19.9. The van der Waals surface area contributed by atoms with Gasteiger partial charge >= 0.3 is 0 Å². The van der Waals surface area contributed by atoms with E-state index >= 15 is 0 Å². The number of amides is 2. The number of ether oxygens (including phenoxy) is 2. The lowest BCUT2D eigenvalue weighted by atomic mass is 10.0. The normalized spacial score (nSPS) is 19.7. The molecule has 1 fully saturated rings. The van der Waals surface area contributed by atoms with Crippen molar-refractivity contribution in [1.82, 2.24) is 24.6 Å². The maximum Gasteiger partial charge on any atom is 0.277 e. The van der Waals surface area contributed by atoms with Crippen molar-refractivity contribution in [2.45, 2.75) is 25.5 Å². The van der Waals surface area contributed by atoms with Crippen molar-refractivity contribution in [3.8, 4) is 17.0 Å². The number of benzene rings is 1. The average molecular weight is 481 g/mol. The largest absolute Gasteiger partial charge is 0.475 e. The van der Waals surface area contributed by atoms with E-state index in [1.807, 2.05) is 13.0 Å². The van der Waals surface area contributed by atoms with Crippen LogP contribution in [0.5, 0.6) is 5.88 Å². The number of carbonyl (C=O) groups excluding carboxylic acids is 2. The molecule has 184 valence electrons. The first kappa shape index (κ1) is 23.1. The molecule has 0 aliphatic carbocycles. The predicted molar refractivity (Wildman–Crippen MR) is 127 cm³/mol. The third-order valence-corrected chi connectivity index (χ3v) is 6.35. The zero-order chi connectivity index (χ0) is 24.5. The van der Waals surface area contributed by atoms with E-state index in [0.717, 1.165) is 16.8 Å². The number of anilines is 1. The second kappa shape index (κ2) is 9.51. The first-order chi connectivity index (χ1) is 17.0. The Morgan fingerprint density at radius 3 is 3.00 bits per heavy atom. The molecule has 2 aliphatic heterocycles. The van der Waals surface area contributed by atoms with Gasteiger partial charge in [0, 0.05) is 62.2 Å². The standard InChI is InChI=1S/C24H28N6O5/c1-4-34-20-12-18-14-35-21-5-7-30-22(27-21)19(13-26-30)15-9-16(23(31)28(2)33-3)11-17(10-15)25-6-8-29(18)24(20)32/h5,7,9-11,13,18,20,25H,4,6,8,12,14H2,1-3H3/t18-,20+/m0/s1. The van der Waals surface area contributed by atoms with Crippen LogP contribution in [0, 0.1) is 0 Å². The molecular formula is C24H28N6O5. The summed E-state index contributed by atoms with van der Waals surface area (Å²) >= 11 is 0. The van der Waals surface area contributed by atoms with Crippen molar-refractivity contribution >= 4 is 23.1 Å². The van der Waals surface area contributed by atoms with Crippen molar-refractivity contribution in [2.75, 3.05) is 45.8 Å². The Bertz CT molecular complexity index is 1260. The monoisotopic (exact) mass is 480 g/mol. The molecule has 5 rings (SSSR count). The number of aromatic nitrogens is 3. The molecule has 11 heteroatoms. The summed E-state index contributed by atoms with van der Waals surface area (Å²) in [4.78, 5) is 37.4. The summed E-state index contributed by atoms with van der Waals surface area (Å²) in [5, 5.41) is 8.95. The van der Waals surface area contributed by atoms with Crippen LogP contribution in [0.3, 0.4) is 0 Å².